The Bertz CT molecular complexity index is 255. The molecule has 1 atom stereocenters. The molecule has 0 bridgehead atoms. The average Bonchev–Trinajstić information content (AvgIpc) is 2.53. The van der Waals surface area contributed by atoms with E-state index in [2.05, 4.69) is 4.98 Å². The Morgan fingerprint density at radius 2 is 2.50 bits per heavy atom. The molecule has 1 aromatic rings. The average molecular weight is 187 g/mol. The highest BCUT2D eigenvalue weighted by molar-refractivity contribution is 6.28. The molecule has 1 unspecified atom stereocenters. The number of rotatable bonds is 1. The molecule has 1 aromatic heterocycles. The van der Waals surface area contributed by atoms with Crippen LogP contribution in [0.3, 0.4) is 0 Å². The summed E-state index contributed by atoms with van der Waals surface area (Å²) in [6, 6.07) is 0. The minimum absolute atomic E-state index is 0.105. The van der Waals surface area contributed by atoms with Crippen molar-refractivity contribution in [3.63, 3.8) is 0 Å². The van der Waals surface area contributed by atoms with Crippen LogP contribution < -0.4 is 0 Å². The van der Waals surface area contributed by atoms with Gasteiger partial charge in [0, 0.05) is 19.0 Å². The topological polar surface area (TPSA) is 27.1 Å². The molecule has 0 radical (unpaired) electrons. The molecule has 3 nitrogen and oxygen atoms in total. The summed E-state index contributed by atoms with van der Waals surface area (Å²) in [5.74, 6) is 0. The van der Waals surface area contributed by atoms with Gasteiger partial charge in [-0.25, -0.2) is 4.98 Å². The molecule has 1 aliphatic rings. The molecule has 0 amide bonds. The molecule has 2 rings (SSSR count). The van der Waals surface area contributed by atoms with Gasteiger partial charge in [-0.2, -0.15) is 0 Å². The van der Waals surface area contributed by atoms with E-state index in [0.717, 1.165) is 19.4 Å². The summed E-state index contributed by atoms with van der Waals surface area (Å²) >= 11 is 5.84. The molecular formula is C8H11ClN2O. The third kappa shape index (κ3) is 1.47. The highest BCUT2D eigenvalue weighted by Gasteiger charge is 2.16. The van der Waals surface area contributed by atoms with E-state index in [1.54, 1.807) is 6.20 Å². The molecule has 66 valence electrons. The van der Waals surface area contributed by atoms with Crippen LogP contribution in [0.5, 0.6) is 0 Å². The summed E-state index contributed by atoms with van der Waals surface area (Å²) in [4.78, 5) is 3.94. The highest BCUT2D eigenvalue weighted by Crippen LogP contribution is 2.24. The van der Waals surface area contributed by atoms with Gasteiger partial charge in [0.25, 0.3) is 0 Å². The van der Waals surface area contributed by atoms with Gasteiger partial charge in [-0.15, -0.1) is 0 Å². The number of nitrogens with zero attached hydrogens (tertiary/aromatic N) is 2. The second-order valence-electron chi connectivity index (χ2n) is 2.92. The van der Waals surface area contributed by atoms with E-state index in [9.17, 15) is 0 Å². The maximum Gasteiger partial charge on any atom is 0.204 e. The van der Waals surface area contributed by atoms with Gasteiger partial charge in [0.2, 0.25) is 5.28 Å². The van der Waals surface area contributed by atoms with Gasteiger partial charge in [0.15, 0.2) is 0 Å². The van der Waals surface area contributed by atoms with Crippen molar-refractivity contribution in [1.82, 2.24) is 9.55 Å². The Labute approximate surface area is 76.3 Å². The van der Waals surface area contributed by atoms with Gasteiger partial charge in [-0.05, 0) is 30.9 Å². The molecule has 1 fully saturated rings. The first-order valence-corrected chi connectivity index (χ1v) is 4.55. The lowest BCUT2D eigenvalue weighted by Gasteiger charge is -2.23. The van der Waals surface area contributed by atoms with Crippen LogP contribution in [0.25, 0.3) is 0 Å². The normalized spacial score (nSPS) is 24.2. The van der Waals surface area contributed by atoms with Crippen LogP contribution in [0.1, 0.15) is 25.5 Å². The van der Waals surface area contributed by atoms with Crippen molar-refractivity contribution in [1.29, 1.82) is 0 Å². The van der Waals surface area contributed by atoms with E-state index in [-0.39, 0.29) is 6.23 Å². The quantitative estimate of drug-likeness (QED) is 0.673. The van der Waals surface area contributed by atoms with Gasteiger partial charge < -0.3 is 4.74 Å². The van der Waals surface area contributed by atoms with Crippen LogP contribution in [-0.4, -0.2) is 16.2 Å². The Morgan fingerprint density at radius 1 is 1.58 bits per heavy atom. The van der Waals surface area contributed by atoms with Gasteiger partial charge in [-0.3, -0.25) is 4.57 Å². The van der Waals surface area contributed by atoms with E-state index >= 15 is 0 Å². The number of hydrogen-bond donors (Lipinski definition) is 0. The SMILES string of the molecule is Clc1nccn1C1CCCCO1. The van der Waals surface area contributed by atoms with Gasteiger partial charge in [0.05, 0.1) is 0 Å². The first-order valence-electron chi connectivity index (χ1n) is 4.18. The zero-order valence-corrected chi connectivity index (χ0v) is 7.50. The van der Waals surface area contributed by atoms with E-state index in [1.807, 2.05) is 10.8 Å². The third-order valence-corrected chi connectivity index (χ3v) is 2.38. The molecule has 4 heteroatoms. The maximum absolute atomic E-state index is 5.84. The first-order chi connectivity index (χ1) is 5.88. The van der Waals surface area contributed by atoms with Crippen molar-refractivity contribution < 1.29 is 4.74 Å². The number of ether oxygens (including phenoxy) is 1. The monoisotopic (exact) mass is 186 g/mol. The predicted octanol–water partition coefficient (Wildman–Crippen LogP) is 2.24. The summed E-state index contributed by atoms with van der Waals surface area (Å²) < 4.78 is 7.42. The van der Waals surface area contributed by atoms with Crippen LogP contribution in [0.15, 0.2) is 12.4 Å². The van der Waals surface area contributed by atoms with Crippen molar-refractivity contribution >= 4 is 11.6 Å². The van der Waals surface area contributed by atoms with Crippen molar-refractivity contribution in [3.05, 3.63) is 17.7 Å². The van der Waals surface area contributed by atoms with Crippen LogP contribution in [0.2, 0.25) is 5.28 Å². The largest absolute Gasteiger partial charge is 0.358 e. The Morgan fingerprint density at radius 3 is 3.08 bits per heavy atom. The minimum atomic E-state index is 0.105. The molecule has 0 N–H and O–H groups in total. The van der Waals surface area contributed by atoms with E-state index in [1.165, 1.54) is 6.42 Å². The summed E-state index contributed by atoms with van der Waals surface area (Å²) in [6.45, 7) is 0.833. The van der Waals surface area contributed by atoms with Crippen LogP contribution in [0, 0.1) is 0 Å². The minimum Gasteiger partial charge on any atom is -0.358 e. The number of aromatic nitrogens is 2. The molecule has 0 aliphatic carbocycles. The fourth-order valence-corrected chi connectivity index (χ4v) is 1.67. The van der Waals surface area contributed by atoms with Crippen molar-refractivity contribution in [2.24, 2.45) is 0 Å². The number of hydrogen-bond acceptors (Lipinski definition) is 2. The van der Waals surface area contributed by atoms with Gasteiger partial charge in [-0.1, -0.05) is 0 Å². The predicted molar refractivity (Wildman–Crippen MR) is 46.1 cm³/mol. The fraction of sp³-hybridized carbons (Fsp3) is 0.625. The zero-order chi connectivity index (χ0) is 8.39. The Hall–Kier alpha value is -0.540. The van der Waals surface area contributed by atoms with Crippen molar-refractivity contribution in [2.45, 2.75) is 25.5 Å². The lowest BCUT2D eigenvalue weighted by atomic mass is 10.2. The standard InChI is InChI=1S/C8H11ClN2O/c9-8-10-4-5-11(8)7-3-1-2-6-12-7/h4-5,7H,1-3,6H2. The highest BCUT2D eigenvalue weighted by atomic mass is 35.5. The van der Waals surface area contributed by atoms with Crippen LogP contribution in [-0.2, 0) is 4.74 Å². The molecule has 2 heterocycles. The molecule has 12 heavy (non-hydrogen) atoms. The first kappa shape index (κ1) is 8.08. The lowest BCUT2D eigenvalue weighted by Crippen LogP contribution is -2.17. The van der Waals surface area contributed by atoms with E-state index in [4.69, 9.17) is 16.3 Å². The zero-order valence-electron chi connectivity index (χ0n) is 6.74. The van der Waals surface area contributed by atoms with E-state index < -0.39 is 0 Å². The summed E-state index contributed by atoms with van der Waals surface area (Å²) in [5.41, 5.74) is 0. The third-order valence-electron chi connectivity index (χ3n) is 2.09. The Balaban J connectivity index is 2.13. The molecular weight excluding hydrogens is 176 g/mol. The Kier molecular flexibility index (Phi) is 2.33. The maximum atomic E-state index is 5.84. The van der Waals surface area contributed by atoms with Crippen molar-refractivity contribution in [3.8, 4) is 0 Å². The lowest BCUT2D eigenvalue weighted by molar-refractivity contribution is -0.0318. The van der Waals surface area contributed by atoms with Gasteiger partial charge >= 0.3 is 0 Å². The summed E-state index contributed by atoms with van der Waals surface area (Å²) in [5, 5.41) is 0.516. The van der Waals surface area contributed by atoms with Crippen LogP contribution in [0.4, 0.5) is 0 Å². The summed E-state index contributed by atoms with van der Waals surface area (Å²) in [7, 11) is 0. The molecule has 0 saturated carbocycles. The molecule has 1 saturated heterocycles. The fourth-order valence-electron chi connectivity index (χ4n) is 1.45. The van der Waals surface area contributed by atoms with Gasteiger partial charge in [0.1, 0.15) is 6.23 Å². The number of halogens is 1. The molecule has 1 aliphatic heterocycles. The van der Waals surface area contributed by atoms with E-state index in [0.29, 0.717) is 5.28 Å². The summed E-state index contributed by atoms with van der Waals surface area (Å²) in [6.07, 6.45) is 7.06. The number of imidazole rings is 1. The second-order valence-corrected chi connectivity index (χ2v) is 3.26. The van der Waals surface area contributed by atoms with Crippen LogP contribution >= 0.6 is 11.6 Å². The van der Waals surface area contributed by atoms with Crippen molar-refractivity contribution in [2.75, 3.05) is 6.61 Å². The molecule has 0 spiro atoms. The smallest absolute Gasteiger partial charge is 0.204 e. The molecule has 0 aromatic carbocycles. The second kappa shape index (κ2) is 3.46.